The fourth-order valence-corrected chi connectivity index (χ4v) is 6.88. The van der Waals surface area contributed by atoms with Gasteiger partial charge in [0.15, 0.2) is 23.3 Å². The molecule has 224 valence electrons. The number of fused-ring (bicyclic) bond motifs is 2. The molecule has 0 bridgehead atoms. The number of carbonyl (C=O) groups excluding carboxylic acids is 2. The molecule has 2 aliphatic heterocycles. The van der Waals surface area contributed by atoms with Crippen molar-refractivity contribution in [3.8, 4) is 12.4 Å². The minimum Gasteiger partial charge on any atom is -0.310 e. The minimum absolute atomic E-state index is 0.0285. The molecule has 2 saturated heterocycles. The van der Waals surface area contributed by atoms with Gasteiger partial charge < -0.3 is 24.8 Å². The van der Waals surface area contributed by atoms with E-state index in [-0.39, 0.29) is 23.7 Å². The molecular weight excluding hydrogens is 574 g/mol. The first kappa shape index (κ1) is 28.1. The van der Waals surface area contributed by atoms with Crippen molar-refractivity contribution in [2.24, 2.45) is 11.8 Å². The molecule has 2 saturated carbocycles. The fraction of sp³-hybridized carbons (Fsp3) is 0.438. The van der Waals surface area contributed by atoms with Crippen LogP contribution in [0.2, 0.25) is 0 Å². The van der Waals surface area contributed by atoms with Gasteiger partial charge >= 0.3 is 0 Å². The molecule has 8 rings (SSSR count). The molecule has 3 aromatic heterocycles. The molecule has 0 spiro atoms. The zero-order valence-electron chi connectivity index (χ0n) is 24.3. The zero-order chi connectivity index (χ0) is 30.2. The van der Waals surface area contributed by atoms with Crippen molar-refractivity contribution in [2.75, 3.05) is 36.8 Å². The standard InChI is InChI=1S/C16H17N5O.C16H16N4OS/c17-10-20-6-5-13(7-20)16(22)19-14-9-21-8-12(11-1-2-11)3-4-15(21)18-14;17-9-20-6-5-12(8-20)15(21)19-16-18-13-4-3-11(10-1-2-10)7-14(13)22-16/h3-4,8-9,11,13H,1-2,5-7H2,(H,19,22);3-4,7,10,12H,1-2,5-6,8H2,(H,18,19,21). The molecule has 2 unspecified atom stereocenters. The molecule has 11 nitrogen and oxygen atoms in total. The fourth-order valence-electron chi connectivity index (χ4n) is 5.96. The second-order valence-electron chi connectivity index (χ2n) is 12.2. The Morgan fingerprint density at radius 1 is 0.795 bits per heavy atom. The van der Waals surface area contributed by atoms with Gasteiger partial charge in [0.25, 0.3) is 0 Å². The first-order valence-corrected chi connectivity index (χ1v) is 16.1. The number of nitrogens with one attached hydrogen (secondary N) is 2. The van der Waals surface area contributed by atoms with E-state index in [1.807, 2.05) is 22.7 Å². The Hall–Kier alpha value is -4.68. The lowest BCUT2D eigenvalue weighted by molar-refractivity contribution is -0.120. The third kappa shape index (κ3) is 6.17. The maximum Gasteiger partial charge on any atom is 0.231 e. The van der Waals surface area contributed by atoms with Crippen molar-refractivity contribution in [3.05, 3.63) is 53.9 Å². The number of aromatic nitrogens is 3. The number of anilines is 2. The van der Waals surface area contributed by atoms with E-state index < -0.39 is 0 Å². The number of nitrogens with zero attached hydrogens (tertiary/aromatic N) is 7. The van der Waals surface area contributed by atoms with Crippen molar-refractivity contribution in [2.45, 2.75) is 50.4 Å². The molecule has 2 N–H and O–H groups in total. The summed E-state index contributed by atoms with van der Waals surface area (Å²) >= 11 is 1.53. The maximum absolute atomic E-state index is 12.3. The third-order valence-electron chi connectivity index (χ3n) is 8.87. The summed E-state index contributed by atoms with van der Waals surface area (Å²) in [4.78, 5) is 36.7. The van der Waals surface area contributed by atoms with E-state index in [0.29, 0.717) is 43.0 Å². The molecule has 2 amide bonds. The summed E-state index contributed by atoms with van der Waals surface area (Å²) in [6.07, 6.45) is 14.7. The van der Waals surface area contributed by atoms with Crippen LogP contribution in [-0.4, -0.2) is 62.2 Å². The van der Waals surface area contributed by atoms with Gasteiger partial charge in [0, 0.05) is 32.4 Å². The lowest BCUT2D eigenvalue weighted by Gasteiger charge is -2.08. The number of imidazole rings is 1. The summed E-state index contributed by atoms with van der Waals surface area (Å²) in [6, 6.07) is 10.5. The zero-order valence-corrected chi connectivity index (χ0v) is 25.1. The van der Waals surface area contributed by atoms with Gasteiger partial charge in [-0.3, -0.25) is 9.59 Å². The largest absolute Gasteiger partial charge is 0.310 e. The predicted octanol–water partition coefficient (Wildman–Crippen LogP) is 4.87. The summed E-state index contributed by atoms with van der Waals surface area (Å²) < 4.78 is 3.10. The SMILES string of the molecule is N#CN1CCC(C(=O)Nc2cn3cc(C4CC4)ccc3n2)C1.N#CN1CCC(C(=O)Nc2nc3ccc(C4CC4)cc3s2)C1. The number of nitriles is 2. The molecule has 1 aromatic carbocycles. The average Bonchev–Trinajstić information content (AvgIpc) is 3.85. The molecule has 2 atom stereocenters. The number of likely N-dealkylation sites (tertiary alicyclic amines) is 2. The number of benzene rings is 1. The highest BCUT2D eigenvalue weighted by atomic mass is 32.1. The molecule has 2 aliphatic carbocycles. The Labute approximate surface area is 259 Å². The molecule has 5 heterocycles. The van der Waals surface area contributed by atoms with E-state index in [9.17, 15) is 9.59 Å². The van der Waals surface area contributed by atoms with E-state index in [4.69, 9.17) is 10.5 Å². The van der Waals surface area contributed by atoms with Crippen molar-refractivity contribution in [3.63, 3.8) is 0 Å². The topological polar surface area (TPSA) is 142 Å². The van der Waals surface area contributed by atoms with Crippen LogP contribution in [0, 0.1) is 34.7 Å². The van der Waals surface area contributed by atoms with Crippen LogP contribution in [0.1, 0.15) is 61.5 Å². The third-order valence-corrected chi connectivity index (χ3v) is 9.80. The van der Waals surface area contributed by atoms with Gasteiger partial charge in [-0.2, -0.15) is 10.5 Å². The summed E-state index contributed by atoms with van der Waals surface area (Å²) in [5, 5.41) is 24.2. The van der Waals surface area contributed by atoms with Crippen LogP contribution in [0.4, 0.5) is 10.9 Å². The van der Waals surface area contributed by atoms with E-state index in [2.05, 4.69) is 57.4 Å². The summed E-state index contributed by atoms with van der Waals surface area (Å²) in [5.41, 5.74) is 4.50. The van der Waals surface area contributed by atoms with Crippen molar-refractivity contribution in [1.29, 1.82) is 10.5 Å². The van der Waals surface area contributed by atoms with Gasteiger partial charge in [-0.05, 0) is 79.7 Å². The van der Waals surface area contributed by atoms with Gasteiger partial charge in [-0.15, -0.1) is 0 Å². The Bertz CT molecular complexity index is 1680. The second kappa shape index (κ2) is 11.8. The van der Waals surface area contributed by atoms with Gasteiger partial charge in [0.05, 0.1) is 28.2 Å². The molecule has 4 aromatic rings. The Kier molecular flexibility index (Phi) is 7.52. The predicted molar refractivity (Wildman–Crippen MR) is 167 cm³/mol. The van der Waals surface area contributed by atoms with Crippen LogP contribution in [0.5, 0.6) is 0 Å². The monoisotopic (exact) mass is 607 g/mol. The number of hydrogen-bond acceptors (Lipinski definition) is 9. The molecular formula is C32H33N9O2S. The second-order valence-corrected chi connectivity index (χ2v) is 13.2. The Balaban J connectivity index is 0.000000142. The number of pyridine rings is 1. The summed E-state index contributed by atoms with van der Waals surface area (Å²) in [6.45, 7) is 2.34. The molecule has 0 radical (unpaired) electrons. The highest BCUT2D eigenvalue weighted by Gasteiger charge is 2.30. The molecule has 4 aliphatic rings. The van der Waals surface area contributed by atoms with E-state index >= 15 is 0 Å². The number of rotatable bonds is 6. The molecule has 12 heteroatoms. The van der Waals surface area contributed by atoms with Crippen LogP contribution in [0.15, 0.2) is 42.7 Å². The van der Waals surface area contributed by atoms with Crippen molar-refractivity contribution >= 4 is 50.0 Å². The normalized spacial score (nSPS) is 21.0. The Morgan fingerprint density at radius 3 is 2.07 bits per heavy atom. The van der Waals surface area contributed by atoms with E-state index in [1.165, 1.54) is 48.1 Å². The number of carbonyl (C=O) groups is 2. The van der Waals surface area contributed by atoms with E-state index in [1.54, 1.807) is 9.80 Å². The van der Waals surface area contributed by atoms with E-state index in [0.717, 1.165) is 34.6 Å². The van der Waals surface area contributed by atoms with Crippen LogP contribution >= 0.6 is 11.3 Å². The van der Waals surface area contributed by atoms with Gasteiger partial charge in [-0.25, -0.2) is 9.97 Å². The highest BCUT2D eigenvalue weighted by Crippen LogP contribution is 2.42. The van der Waals surface area contributed by atoms with Crippen LogP contribution in [-0.2, 0) is 9.59 Å². The lowest BCUT2D eigenvalue weighted by atomic mass is 10.1. The first-order valence-electron chi connectivity index (χ1n) is 15.3. The smallest absolute Gasteiger partial charge is 0.231 e. The maximum atomic E-state index is 12.3. The van der Waals surface area contributed by atoms with Gasteiger partial charge in [0.2, 0.25) is 11.8 Å². The summed E-state index contributed by atoms with van der Waals surface area (Å²) in [7, 11) is 0. The van der Waals surface area contributed by atoms with Crippen LogP contribution in [0.3, 0.4) is 0 Å². The van der Waals surface area contributed by atoms with Crippen molar-refractivity contribution < 1.29 is 9.59 Å². The average molecular weight is 608 g/mol. The first-order chi connectivity index (χ1) is 21.4. The highest BCUT2D eigenvalue weighted by molar-refractivity contribution is 7.22. The lowest BCUT2D eigenvalue weighted by Crippen LogP contribution is -2.25. The minimum atomic E-state index is -0.133. The van der Waals surface area contributed by atoms with Crippen LogP contribution < -0.4 is 10.6 Å². The van der Waals surface area contributed by atoms with Crippen molar-refractivity contribution in [1.82, 2.24) is 24.2 Å². The molecule has 4 fully saturated rings. The summed E-state index contributed by atoms with van der Waals surface area (Å²) in [5.74, 6) is 1.66. The van der Waals surface area contributed by atoms with Gasteiger partial charge in [-0.1, -0.05) is 23.5 Å². The van der Waals surface area contributed by atoms with Crippen LogP contribution in [0.25, 0.3) is 15.9 Å². The number of hydrogen-bond donors (Lipinski definition) is 2. The quantitative estimate of drug-likeness (QED) is 0.296. The number of amides is 2. The molecule has 44 heavy (non-hydrogen) atoms. The Morgan fingerprint density at radius 2 is 1.43 bits per heavy atom. The number of thiazole rings is 1. The van der Waals surface area contributed by atoms with Gasteiger partial charge in [0.1, 0.15) is 5.65 Å².